The van der Waals surface area contributed by atoms with Gasteiger partial charge in [0.15, 0.2) is 0 Å². The highest BCUT2D eigenvalue weighted by Gasteiger charge is 2.27. The number of likely N-dealkylation sites (N-methyl/N-ethyl adjacent to an activating group) is 1. The van der Waals surface area contributed by atoms with E-state index in [-0.39, 0.29) is 25.2 Å². The Bertz CT molecular complexity index is 946. The molecule has 2 aliphatic rings. The molecular formula is C25H33FN4O2. The molecule has 0 aliphatic carbocycles. The molecule has 172 valence electrons. The molecule has 7 heteroatoms. The van der Waals surface area contributed by atoms with Crippen LogP contribution in [-0.2, 0) is 4.79 Å². The maximum atomic E-state index is 13.1. The van der Waals surface area contributed by atoms with Crippen LogP contribution < -0.4 is 10.2 Å². The molecule has 1 atom stereocenters. The molecule has 1 N–H and O–H groups in total. The molecule has 0 aromatic heterocycles. The average Bonchev–Trinajstić information content (AvgIpc) is 3.30. The van der Waals surface area contributed by atoms with E-state index in [1.807, 2.05) is 53.2 Å². The van der Waals surface area contributed by atoms with Crippen molar-refractivity contribution >= 4 is 23.3 Å². The lowest BCUT2D eigenvalue weighted by atomic mass is 9.89. The molecule has 6 nitrogen and oxygen atoms in total. The van der Waals surface area contributed by atoms with Crippen LogP contribution in [0.15, 0.2) is 48.5 Å². The van der Waals surface area contributed by atoms with E-state index in [1.54, 1.807) is 6.92 Å². The summed E-state index contributed by atoms with van der Waals surface area (Å²) in [6.45, 7) is 4.71. The molecule has 0 radical (unpaired) electrons. The maximum absolute atomic E-state index is 13.1. The Hall–Kier alpha value is -3.09. The lowest BCUT2D eigenvalue weighted by Gasteiger charge is -2.32. The van der Waals surface area contributed by atoms with Crippen molar-refractivity contribution < 1.29 is 15.4 Å². The molecule has 32 heavy (non-hydrogen) atoms. The number of amides is 3. The fourth-order valence-electron chi connectivity index (χ4n) is 4.66. The fraction of sp³-hybridized carbons (Fsp3) is 0.440. The zero-order valence-corrected chi connectivity index (χ0v) is 18.8. The summed E-state index contributed by atoms with van der Waals surface area (Å²) in [5, 5.41) is 3.00. The van der Waals surface area contributed by atoms with Crippen molar-refractivity contribution in [3.8, 4) is 0 Å². The molecular weight excluding hydrogens is 407 g/mol. The summed E-state index contributed by atoms with van der Waals surface area (Å²) in [7, 11) is 1.86. The number of hydrogen-bond acceptors (Lipinski definition) is 3. The van der Waals surface area contributed by atoms with Gasteiger partial charge in [0.25, 0.3) is 0 Å². The SMILES string of the molecule is CC(=O)N(C)C1CCN(c2ccc(NC(=O)N3CCC(c4ccc(F)cc4)CC3)cc2)C1.[HH]. The van der Waals surface area contributed by atoms with E-state index < -0.39 is 0 Å². The monoisotopic (exact) mass is 440 g/mol. The Morgan fingerprint density at radius 2 is 1.66 bits per heavy atom. The third kappa shape index (κ3) is 5.03. The van der Waals surface area contributed by atoms with Crippen LogP contribution in [0.4, 0.5) is 20.6 Å². The lowest BCUT2D eigenvalue weighted by molar-refractivity contribution is -0.129. The Balaban J connectivity index is 0.00000306. The number of nitrogens with one attached hydrogen (secondary N) is 1. The molecule has 2 fully saturated rings. The number of rotatable bonds is 4. The van der Waals surface area contributed by atoms with Gasteiger partial charge in [-0.15, -0.1) is 0 Å². The van der Waals surface area contributed by atoms with Gasteiger partial charge in [-0.25, -0.2) is 9.18 Å². The Morgan fingerprint density at radius 1 is 1.00 bits per heavy atom. The van der Waals surface area contributed by atoms with Gasteiger partial charge in [-0.3, -0.25) is 4.79 Å². The van der Waals surface area contributed by atoms with Crippen LogP contribution in [0.25, 0.3) is 0 Å². The van der Waals surface area contributed by atoms with Crippen LogP contribution in [0.1, 0.15) is 39.1 Å². The van der Waals surface area contributed by atoms with E-state index >= 15 is 0 Å². The minimum Gasteiger partial charge on any atom is -0.369 e. The van der Waals surface area contributed by atoms with Crippen molar-refractivity contribution in [2.45, 2.75) is 38.1 Å². The van der Waals surface area contributed by atoms with Gasteiger partial charge < -0.3 is 20.0 Å². The van der Waals surface area contributed by atoms with Crippen LogP contribution in [0.2, 0.25) is 0 Å². The average molecular weight is 441 g/mol. The molecule has 0 spiro atoms. The second-order valence-electron chi connectivity index (χ2n) is 8.81. The summed E-state index contributed by atoms with van der Waals surface area (Å²) in [4.78, 5) is 30.2. The van der Waals surface area contributed by atoms with E-state index in [9.17, 15) is 14.0 Å². The molecule has 3 amide bonds. The molecule has 2 aromatic rings. The topological polar surface area (TPSA) is 55.9 Å². The molecule has 1 unspecified atom stereocenters. The highest BCUT2D eigenvalue weighted by Crippen LogP contribution is 2.29. The van der Waals surface area contributed by atoms with Crippen molar-refractivity contribution in [2.75, 3.05) is 43.4 Å². The van der Waals surface area contributed by atoms with Gasteiger partial charge in [0.1, 0.15) is 5.82 Å². The number of benzene rings is 2. The normalized spacial score (nSPS) is 19.2. The predicted octanol–water partition coefficient (Wildman–Crippen LogP) is 4.54. The van der Waals surface area contributed by atoms with Crippen molar-refractivity contribution in [2.24, 2.45) is 0 Å². The summed E-state index contributed by atoms with van der Waals surface area (Å²) in [6.07, 6.45) is 2.72. The number of anilines is 2. The third-order valence-electron chi connectivity index (χ3n) is 6.82. The van der Waals surface area contributed by atoms with Crippen LogP contribution in [0.3, 0.4) is 0 Å². The number of likely N-dealkylation sites (tertiary alicyclic amines) is 1. The molecule has 4 rings (SSSR count). The Kier molecular flexibility index (Phi) is 6.63. The van der Waals surface area contributed by atoms with Crippen LogP contribution >= 0.6 is 0 Å². The van der Waals surface area contributed by atoms with Gasteiger partial charge in [-0.05, 0) is 67.1 Å². The summed E-state index contributed by atoms with van der Waals surface area (Å²) in [5.41, 5.74) is 3.01. The first-order valence-corrected chi connectivity index (χ1v) is 11.3. The van der Waals surface area contributed by atoms with Gasteiger partial charge in [0.05, 0.1) is 6.04 Å². The second kappa shape index (κ2) is 9.59. The van der Waals surface area contributed by atoms with E-state index in [4.69, 9.17) is 0 Å². The number of carbonyl (C=O) groups excluding carboxylic acids is 2. The first-order valence-electron chi connectivity index (χ1n) is 11.3. The largest absolute Gasteiger partial charge is 0.369 e. The first kappa shape index (κ1) is 22.1. The summed E-state index contributed by atoms with van der Waals surface area (Å²) >= 11 is 0. The van der Waals surface area contributed by atoms with E-state index in [1.165, 1.54) is 12.1 Å². The molecule has 2 saturated heterocycles. The second-order valence-corrected chi connectivity index (χ2v) is 8.81. The molecule has 0 saturated carbocycles. The smallest absolute Gasteiger partial charge is 0.321 e. The van der Waals surface area contributed by atoms with E-state index in [2.05, 4.69) is 10.2 Å². The summed E-state index contributed by atoms with van der Waals surface area (Å²) in [6, 6.07) is 14.8. The van der Waals surface area contributed by atoms with Crippen molar-refractivity contribution in [1.29, 1.82) is 0 Å². The van der Waals surface area contributed by atoms with Gasteiger partial charge in [-0.2, -0.15) is 0 Å². The quantitative estimate of drug-likeness (QED) is 0.759. The zero-order valence-electron chi connectivity index (χ0n) is 18.8. The number of urea groups is 1. The summed E-state index contributed by atoms with van der Waals surface area (Å²) in [5.74, 6) is 0.242. The first-order chi connectivity index (χ1) is 15.4. The van der Waals surface area contributed by atoms with Crippen molar-refractivity contribution in [3.05, 3.63) is 59.9 Å². The van der Waals surface area contributed by atoms with Crippen LogP contribution in [-0.4, -0.2) is 61.0 Å². The van der Waals surface area contributed by atoms with Crippen molar-refractivity contribution in [3.63, 3.8) is 0 Å². The number of piperidine rings is 1. The molecule has 2 heterocycles. The molecule has 2 aromatic carbocycles. The van der Waals surface area contributed by atoms with E-state index in [0.29, 0.717) is 19.0 Å². The van der Waals surface area contributed by atoms with Crippen LogP contribution in [0.5, 0.6) is 0 Å². The number of carbonyl (C=O) groups is 2. The third-order valence-corrected chi connectivity index (χ3v) is 6.82. The van der Waals surface area contributed by atoms with Gasteiger partial charge >= 0.3 is 6.03 Å². The maximum Gasteiger partial charge on any atom is 0.321 e. The minimum absolute atomic E-state index is 0. The van der Waals surface area contributed by atoms with Gasteiger partial charge in [-0.1, -0.05) is 12.1 Å². The van der Waals surface area contributed by atoms with Gasteiger partial charge in [0, 0.05) is 53.0 Å². The number of nitrogens with zero attached hydrogens (tertiary/aromatic N) is 3. The fourth-order valence-corrected chi connectivity index (χ4v) is 4.66. The van der Waals surface area contributed by atoms with Gasteiger partial charge in [0.2, 0.25) is 5.91 Å². The highest BCUT2D eigenvalue weighted by atomic mass is 19.1. The zero-order chi connectivity index (χ0) is 22.7. The standard InChI is InChI=1S/C25H31FN4O2.H2/c1-18(31)28(2)24-13-16-30(17-24)23-9-7-22(8-10-23)27-25(32)29-14-11-20(12-15-29)19-3-5-21(26)6-4-19;/h3-10,20,24H,11-17H2,1-2H3,(H,27,32);1H. The Labute approximate surface area is 190 Å². The summed E-state index contributed by atoms with van der Waals surface area (Å²) < 4.78 is 13.1. The molecule has 0 bridgehead atoms. The predicted molar refractivity (Wildman–Crippen MR) is 127 cm³/mol. The van der Waals surface area contributed by atoms with Crippen molar-refractivity contribution in [1.82, 2.24) is 9.80 Å². The minimum atomic E-state index is -0.218. The van der Waals surface area contributed by atoms with Crippen LogP contribution in [0, 0.1) is 5.82 Å². The van der Waals surface area contributed by atoms with E-state index in [0.717, 1.165) is 49.3 Å². The highest BCUT2D eigenvalue weighted by molar-refractivity contribution is 5.89. The number of hydrogen-bond donors (Lipinski definition) is 1. The Morgan fingerprint density at radius 3 is 2.28 bits per heavy atom. The lowest BCUT2D eigenvalue weighted by Crippen LogP contribution is -2.40. The molecule has 2 aliphatic heterocycles. The number of halogens is 1.